The summed E-state index contributed by atoms with van der Waals surface area (Å²) in [5, 5.41) is 11.0. The van der Waals surface area contributed by atoms with Gasteiger partial charge in [-0.1, -0.05) is 54.2 Å². The van der Waals surface area contributed by atoms with E-state index in [1.807, 2.05) is 49.4 Å². The van der Waals surface area contributed by atoms with Crippen LogP contribution in [-0.4, -0.2) is 29.8 Å². The summed E-state index contributed by atoms with van der Waals surface area (Å²) in [6.45, 7) is 2.41. The number of methoxy groups -OCH3 is 1. The zero-order chi connectivity index (χ0) is 24.4. The summed E-state index contributed by atoms with van der Waals surface area (Å²) in [7, 11) is 1.58. The van der Waals surface area contributed by atoms with Crippen LogP contribution in [0, 0.1) is 5.82 Å². The van der Waals surface area contributed by atoms with Gasteiger partial charge in [0, 0.05) is 16.5 Å². The minimum absolute atomic E-state index is 0.290. The van der Waals surface area contributed by atoms with E-state index in [1.165, 1.54) is 17.8 Å². The van der Waals surface area contributed by atoms with Crippen LogP contribution < -0.4 is 25.4 Å². The van der Waals surface area contributed by atoms with Crippen LogP contribution in [0.5, 0.6) is 11.5 Å². The summed E-state index contributed by atoms with van der Waals surface area (Å²) >= 11 is 1.26. The molecular weight excluding hydrogens is 467 g/mol. The van der Waals surface area contributed by atoms with E-state index in [4.69, 9.17) is 19.6 Å². The van der Waals surface area contributed by atoms with Gasteiger partial charge in [0.15, 0.2) is 22.8 Å². The number of benzene rings is 3. The highest BCUT2D eigenvalue weighted by atomic mass is 32.2. The van der Waals surface area contributed by atoms with Crippen molar-refractivity contribution in [1.82, 2.24) is 10.3 Å². The Hall–Kier alpha value is -3.85. The number of rotatable bonds is 6. The number of hydrogen-bond acceptors (Lipinski definition) is 7. The number of nitrogens with zero attached hydrogens (tertiary/aromatic N) is 3. The summed E-state index contributed by atoms with van der Waals surface area (Å²) in [6.07, 6.45) is -0.598. The lowest BCUT2D eigenvalue weighted by Gasteiger charge is -2.34. The van der Waals surface area contributed by atoms with Gasteiger partial charge in [-0.05, 0) is 36.8 Å². The van der Waals surface area contributed by atoms with Gasteiger partial charge in [-0.25, -0.2) is 9.40 Å². The topological polar surface area (TPSA) is 75.5 Å². The maximum Gasteiger partial charge on any atom is 0.276 e. The molecule has 35 heavy (non-hydrogen) atoms. The third kappa shape index (κ3) is 4.46. The fourth-order valence-corrected chi connectivity index (χ4v) is 4.83. The summed E-state index contributed by atoms with van der Waals surface area (Å²) in [5.74, 6) is 0.932. The second kappa shape index (κ2) is 9.79. The Morgan fingerprint density at radius 2 is 1.89 bits per heavy atom. The molecule has 2 heterocycles. The van der Waals surface area contributed by atoms with E-state index in [9.17, 15) is 9.18 Å². The second-order valence-corrected chi connectivity index (χ2v) is 8.76. The SMILES string of the molecule is CCOc1ccc([C@H]2N=c3ccccc3=C3C(=O)NC(SCc4ccccc4F)=NN32)cc1OC. The number of hydrazone groups is 1. The van der Waals surface area contributed by atoms with Gasteiger partial charge in [-0.15, -0.1) is 5.10 Å². The Kier molecular flexibility index (Phi) is 6.41. The summed E-state index contributed by atoms with van der Waals surface area (Å²) in [4.78, 5) is 18.2. The highest BCUT2D eigenvalue weighted by Gasteiger charge is 2.34. The van der Waals surface area contributed by atoms with Crippen molar-refractivity contribution in [2.75, 3.05) is 13.7 Å². The number of ether oxygens (including phenoxy) is 2. The van der Waals surface area contributed by atoms with E-state index in [1.54, 1.807) is 30.3 Å². The number of halogens is 1. The van der Waals surface area contributed by atoms with Gasteiger partial charge in [0.2, 0.25) is 0 Å². The van der Waals surface area contributed by atoms with Crippen LogP contribution in [0.1, 0.15) is 24.2 Å². The maximum atomic E-state index is 14.1. The summed E-state index contributed by atoms with van der Waals surface area (Å²) in [6, 6.07) is 19.6. The average Bonchev–Trinajstić information content (AvgIpc) is 2.88. The first-order valence-electron chi connectivity index (χ1n) is 11.1. The minimum atomic E-state index is -0.598. The first kappa shape index (κ1) is 22.9. The molecule has 0 spiro atoms. The molecule has 0 unspecified atom stereocenters. The highest BCUT2D eigenvalue weighted by Crippen LogP contribution is 2.36. The highest BCUT2D eigenvalue weighted by molar-refractivity contribution is 8.13. The fraction of sp³-hybridized carbons (Fsp3) is 0.192. The first-order valence-corrected chi connectivity index (χ1v) is 12.1. The Morgan fingerprint density at radius 3 is 2.69 bits per heavy atom. The third-order valence-corrected chi connectivity index (χ3v) is 6.54. The molecule has 0 radical (unpaired) electrons. The van der Waals surface area contributed by atoms with Crippen molar-refractivity contribution >= 4 is 28.5 Å². The van der Waals surface area contributed by atoms with E-state index >= 15 is 0 Å². The minimum Gasteiger partial charge on any atom is -0.493 e. The molecule has 1 amide bonds. The molecule has 2 aliphatic rings. The molecule has 9 heteroatoms. The number of para-hydroxylation sites is 1. The van der Waals surface area contributed by atoms with Gasteiger partial charge in [0.1, 0.15) is 11.5 Å². The fourth-order valence-electron chi connectivity index (χ4n) is 3.99. The number of amidine groups is 1. The molecule has 3 aromatic rings. The van der Waals surface area contributed by atoms with Gasteiger partial charge in [-0.3, -0.25) is 15.1 Å². The lowest BCUT2D eigenvalue weighted by atomic mass is 10.1. The smallest absolute Gasteiger partial charge is 0.276 e. The molecule has 0 aromatic heterocycles. The number of hydrogen-bond donors (Lipinski definition) is 1. The Morgan fingerprint density at radius 1 is 1.09 bits per heavy atom. The maximum absolute atomic E-state index is 14.1. The van der Waals surface area contributed by atoms with Crippen molar-refractivity contribution in [2.45, 2.75) is 18.8 Å². The monoisotopic (exact) mass is 490 g/mol. The molecule has 2 aliphatic heterocycles. The summed E-state index contributed by atoms with van der Waals surface area (Å²) < 4.78 is 25.3. The molecule has 0 bridgehead atoms. The third-order valence-electron chi connectivity index (χ3n) is 5.62. The predicted molar refractivity (Wildman–Crippen MR) is 133 cm³/mol. The van der Waals surface area contributed by atoms with Crippen molar-refractivity contribution in [1.29, 1.82) is 0 Å². The van der Waals surface area contributed by atoms with Crippen LogP contribution in [0.25, 0.3) is 5.70 Å². The van der Waals surface area contributed by atoms with Gasteiger partial charge < -0.3 is 9.47 Å². The lowest BCUT2D eigenvalue weighted by Crippen LogP contribution is -2.50. The van der Waals surface area contributed by atoms with E-state index in [0.29, 0.717) is 50.9 Å². The molecule has 1 N–H and O–H groups in total. The molecule has 0 fully saturated rings. The van der Waals surface area contributed by atoms with Crippen LogP contribution in [0.4, 0.5) is 4.39 Å². The Balaban J connectivity index is 1.56. The Labute approximate surface area is 206 Å². The number of thioether (sulfide) groups is 1. The van der Waals surface area contributed by atoms with Gasteiger partial charge >= 0.3 is 0 Å². The van der Waals surface area contributed by atoms with Crippen LogP contribution >= 0.6 is 11.8 Å². The van der Waals surface area contributed by atoms with Crippen LogP contribution in [0.3, 0.4) is 0 Å². The zero-order valence-electron chi connectivity index (χ0n) is 19.2. The number of carbonyl (C=O) groups excluding carboxylic acids is 1. The van der Waals surface area contributed by atoms with Crippen molar-refractivity contribution in [2.24, 2.45) is 10.1 Å². The average molecular weight is 491 g/mol. The molecule has 0 saturated heterocycles. The van der Waals surface area contributed by atoms with Gasteiger partial charge in [0.05, 0.1) is 19.1 Å². The number of amides is 1. The van der Waals surface area contributed by atoms with E-state index in [2.05, 4.69) is 5.32 Å². The molecular formula is C26H23FN4O3S. The van der Waals surface area contributed by atoms with Crippen molar-refractivity contribution in [3.8, 4) is 11.5 Å². The van der Waals surface area contributed by atoms with Crippen molar-refractivity contribution in [3.05, 3.63) is 94.3 Å². The first-order chi connectivity index (χ1) is 17.1. The molecule has 0 aliphatic carbocycles. The van der Waals surface area contributed by atoms with Gasteiger partial charge in [0.25, 0.3) is 5.91 Å². The quantitative estimate of drug-likeness (QED) is 0.574. The lowest BCUT2D eigenvalue weighted by molar-refractivity contribution is -0.116. The molecule has 178 valence electrons. The number of fused-ring (bicyclic) bond motifs is 2. The Bertz CT molecular complexity index is 1440. The molecule has 3 aromatic carbocycles. The van der Waals surface area contributed by atoms with Crippen LogP contribution in [0.15, 0.2) is 76.8 Å². The van der Waals surface area contributed by atoms with E-state index in [-0.39, 0.29) is 11.7 Å². The van der Waals surface area contributed by atoms with Gasteiger partial charge in [-0.2, -0.15) is 0 Å². The molecule has 7 nitrogen and oxygen atoms in total. The number of carbonyl (C=O) groups is 1. The second-order valence-electron chi connectivity index (χ2n) is 7.80. The van der Waals surface area contributed by atoms with E-state index < -0.39 is 6.17 Å². The standard InChI is InChI=1S/C26H23FN4O3S/c1-3-34-21-13-12-16(14-22(21)33-2)24-28-20-11-7-5-9-18(20)23-25(32)29-26(30-31(23)24)35-15-17-8-4-6-10-19(17)27/h4-14,24H,3,15H2,1-2H3,(H,29,30,32)/t24-/m0/s1. The number of nitrogens with one attached hydrogen (secondary N) is 1. The van der Waals surface area contributed by atoms with E-state index in [0.717, 1.165) is 5.56 Å². The largest absolute Gasteiger partial charge is 0.493 e. The van der Waals surface area contributed by atoms with Crippen molar-refractivity contribution < 1.29 is 18.7 Å². The molecule has 0 saturated carbocycles. The molecule has 5 rings (SSSR count). The van der Waals surface area contributed by atoms with Crippen LogP contribution in [-0.2, 0) is 10.5 Å². The molecule has 1 atom stereocenters. The van der Waals surface area contributed by atoms with Crippen molar-refractivity contribution in [3.63, 3.8) is 0 Å². The van der Waals surface area contributed by atoms with Crippen LogP contribution in [0.2, 0.25) is 0 Å². The predicted octanol–water partition coefficient (Wildman–Crippen LogP) is 3.31. The zero-order valence-corrected chi connectivity index (χ0v) is 20.0. The normalized spacial score (nSPS) is 16.5. The summed E-state index contributed by atoms with van der Waals surface area (Å²) in [5.41, 5.74) is 1.73.